The second-order valence-corrected chi connectivity index (χ2v) is 6.53. The molecule has 0 aliphatic carbocycles. The van der Waals surface area contributed by atoms with Gasteiger partial charge in [0.1, 0.15) is 11.6 Å². The first-order valence-corrected chi connectivity index (χ1v) is 8.50. The predicted molar refractivity (Wildman–Crippen MR) is 88.4 cm³/mol. The number of halogens is 7. The molecule has 0 heterocycles. The molecule has 2 rings (SSSR count). The minimum Gasteiger partial charge on any atom is -0.405 e. The molecule has 0 aliphatic rings. The van der Waals surface area contributed by atoms with Gasteiger partial charge in [-0.2, -0.15) is 13.2 Å². The first kappa shape index (κ1) is 21.2. The lowest BCUT2D eigenvalue weighted by Gasteiger charge is -2.16. The van der Waals surface area contributed by atoms with E-state index >= 15 is 0 Å². The molecule has 0 spiro atoms. The molecule has 0 bridgehead atoms. The van der Waals surface area contributed by atoms with Crippen LogP contribution in [0.2, 0.25) is 0 Å². The summed E-state index contributed by atoms with van der Waals surface area (Å²) >= 11 is 0.504. The van der Waals surface area contributed by atoms with Crippen LogP contribution in [0.5, 0.6) is 5.75 Å². The van der Waals surface area contributed by atoms with Gasteiger partial charge < -0.3 is 10.1 Å². The third-order valence-electron chi connectivity index (χ3n) is 3.32. The van der Waals surface area contributed by atoms with Crippen molar-refractivity contribution in [1.82, 2.24) is 0 Å². The smallest absolute Gasteiger partial charge is 0.405 e. The molecule has 0 radical (unpaired) electrons. The fourth-order valence-electron chi connectivity index (χ4n) is 2.17. The van der Waals surface area contributed by atoms with Gasteiger partial charge in [0.15, 0.2) is 0 Å². The van der Waals surface area contributed by atoms with E-state index in [1.807, 2.05) is 0 Å². The van der Waals surface area contributed by atoms with Gasteiger partial charge in [0, 0.05) is 17.0 Å². The van der Waals surface area contributed by atoms with Crippen molar-refractivity contribution < 1.29 is 35.5 Å². The molecular weight excluding hydrogens is 399 g/mol. The van der Waals surface area contributed by atoms with Crippen molar-refractivity contribution in [2.24, 2.45) is 0 Å². The van der Waals surface area contributed by atoms with E-state index in [0.29, 0.717) is 17.3 Å². The second kappa shape index (κ2) is 8.28. The zero-order valence-electron chi connectivity index (χ0n) is 13.8. The molecule has 0 aliphatic heterocycles. The SMILES string of the molecule is Cc1cc(F)c(NCc2ccccc2OC(F)(F)F)cc1SCC(F)(F)F. The van der Waals surface area contributed by atoms with E-state index in [1.54, 1.807) is 0 Å². The van der Waals surface area contributed by atoms with Crippen molar-refractivity contribution in [3.05, 3.63) is 53.3 Å². The minimum atomic E-state index is -4.88. The largest absolute Gasteiger partial charge is 0.573 e. The number of ether oxygens (including phenoxy) is 1. The quantitative estimate of drug-likeness (QED) is 0.444. The lowest BCUT2D eigenvalue weighted by Crippen LogP contribution is -2.18. The zero-order valence-corrected chi connectivity index (χ0v) is 14.7. The summed E-state index contributed by atoms with van der Waals surface area (Å²) in [4.78, 5) is 0.219. The highest BCUT2D eigenvalue weighted by Crippen LogP contribution is 2.33. The summed E-state index contributed by atoms with van der Waals surface area (Å²) in [5.41, 5.74) is 0.319. The van der Waals surface area contributed by atoms with E-state index in [2.05, 4.69) is 10.1 Å². The topological polar surface area (TPSA) is 21.3 Å². The molecule has 0 saturated heterocycles. The molecular formula is C17H14F7NOS. The number of nitrogens with one attached hydrogen (secondary N) is 1. The van der Waals surface area contributed by atoms with Gasteiger partial charge in [-0.15, -0.1) is 24.9 Å². The third kappa shape index (κ3) is 6.85. The van der Waals surface area contributed by atoms with Crippen molar-refractivity contribution >= 4 is 17.4 Å². The maximum Gasteiger partial charge on any atom is 0.573 e. The Morgan fingerprint density at radius 2 is 1.70 bits per heavy atom. The van der Waals surface area contributed by atoms with Crippen LogP contribution in [0.4, 0.5) is 36.4 Å². The molecule has 10 heteroatoms. The van der Waals surface area contributed by atoms with Crippen LogP contribution < -0.4 is 10.1 Å². The zero-order chi connectivity index (χ0) is 20.2. The van der Waals surface area contributed by atoms with E-state index < -0.39 is 29.9 Å². The van der Waals surface area contributed by atoms with Gasteiger partial charge in [-0.05, 0) is 30.7 Å². The summed E-state index contributed by atoms with van der Waals surface area (Å²) in [6.45, 7) is 1.26. The van der Waals surface area contributed by atoms with Crippen LogP contribution in [-0.2, 0) is 6.54 Å². The molecule has 2 nitrogen and oxygen atoms in total. The Morgan fingerprint density at radius 1 is 1.04 bits per heavy atom. The summed E-state index contributed by atoms with van der Waals surface area (Å²) in [7, 11) is 0. The normalized spacial score (nSPS) is 12.1. The molecule has 0 amide bonds. The Hall–Kier alpha value is -2.10. The molecule has 0 unspecified atom stereocenters. The van der Waals surface area contributed by atoms with Crippen LogP contribution in [0.15, 0.2) is 41.3 Å². The summed E-state index contributed by atoms with van der Waals surface area (Å²) < 4.78 is 92.4. The first-order valence-electron chi connectivity index (χ1n) is 7.52. The molecule has 0 fully saturated rings. The number of para-hydroxylation sites is 1. The lowest BCUT2D eigenvalue weighted by molar-refractivity contribution is -0.274. The lowest BCUT2D eigenvalue weighted by atomic mass is 10.1. The monoisotopic (exact) mass is 413 g/mol. The van der Waals surface area contributed by atoms with Gasteiger partial charge in [-0.25, -0.2) is 4.39 Å². The van der Waals surface area contributed by atoms with Gasteiger partial charge in [-0.3, -0.25) is 0 Å². The van der Waals surface area contributed by atoms with Gasteiger partial charge in [0.05, 0.1) is 11.4 Å². The Labute approximate surface area is 154 Å². The standard InChI is InChI=1S/C17H14F7NOS/c1-10-6-12(18)13(7-15(10)27-9-16(19,20)21)25-8-11-4-2-3-5-14(11)26-17(22,23)24/h2-7,25H,8-9H2,1H3. The average Bonchev–Trinajstić information content (AvgIpc) is 2.52. The van der Waals surface area contributed by atoms with Crippen LogP contribution in [0, 0.1) is 12.7 Å². The summed E-state index contributed by atoms with van der Waals surface area (Å²) in [5.74, 6) is -2.31. The van der Waals surface area contributed by atoms with E-state index in [1.165, 1.54) is 31.2 Å². The Kier molecular flexibility index (Phi) is 6.50. The van der Waals surface area contributed by atoms with Gasteiger partial charge in [0.2, 0.25) is 0 Å². The Bertz CT molecular complexity index is 790. The number of hydrogen-bond acceptors (Lipinski definition) is 3. The Morgan fingerprint density at radius 3 is 2.33 bits per heavy atom. The summed E-state index contributed by atoms with van der Waals surface area (Å²) in [5, 5.41) is 2.60. The average molecular weight is 413 g/mol. The highest BCUT2D eigenvalue weighted by Gasteiger charge is 2.32. The second-order valence-electron chi connectivity index (χ2n) is 5.51. The number of alkyl halides is 6. The summed E-state index contributed by atoms with van der Waals surface area (Å²) in [6.07, 6.45) is -9.26. The maximum absolute atomic E-state index is 14.1. The third-order valence-corrected chi connectivity index (χ3v) is 4.55. The molecule has 27 heavy (non-hydrogen) atoms. The van der Waals surface area contributed by atoms with Crippen molar-refractivity contribution in [3.8, 4) is 5.75 Å². The van der Waals surface area contributed by atoms with Gasteiger partial charge >= 0.3 is 12.5 Å². The van der Waals surface area contributed by atoms with Crippen LogP contribution in [0.25, 0.3) is 0 Å². The molecule has 2 aromatic rings. The van der Waals surface area contributed by atoms with Crippen molar-refractivity contribution in [2.45, 2.75) is 30.9 Å². The maximum atomic E-state index is 14.1. The van der Waals surface area contributed by atoms with E-state index in [9.17, 15) is 30.7 Å². The fraction of sp³-hybridized carbons (Fsp3) is 0.294. The molecule has 2 aromatic carbocycles. The van der Waals surface area contributed by atoms with Crippen molar-refractivity contribution in [1.29, 1.82) is 0 Å². The van der Waals surface area contributed by atoms with Crippen LogP contribution in [-0.4, -0.2) is 18.3 Å². The van der Waals surface area contributed by atoms with Crippen LogP contribution in [0.3, 0.4) is 0 Å². The molecule has 0 atom stereocenters. The van der Waals surface area contributed by atoms with Crippen molar-refractivity contribution in [2.75, 3.05) is 11.1 Å². The highest BCUT2D eigenvalue weighted by molar-refractivity contribution is 7.99. The number of benzene rings is 2. The van der Waals surface area contributed by atoms with E-state index in [-0.39, 0.29) is 22.7 Å². The number of thioether (sulfide) groups is 1. The van der Waals surface area contributed by atoms with Gasteiger partial charge in [0.25, 0.3) is 0 Å². The minimum absolute atomic E-state index is 0.110. The number of rotatable bonds is 6. The van der Waals surface area contributed by atoms with Crippen LogP contribution in [0.1, 0.15) is 11.1 Å². The molecule has 1 N–H and O–H groups in total. The van der Waals surface area contributed by atoms with Crippen LogP contribution >= 0.6 is 11.8 Å². The predicted octanol–water partition coefficient (Wildman–Crippen LogP) is 6.30. The molecule has 0 saturated carbocycles. The number of hydrogen-bond donors (Lipinski definition) is 1. The first-order chi connectivity index (χ1) is 12.4. The number of anilines is 1. The highest BCUT2D eigenvalue weighted by atomic mass is 32.2. The summed E-state index contributed by atoms with van der Waals surface area (Å²) in [6, 6.07) is 7.58. The van der Waals surface area contributed by atoms with Crippen molar-refractivity contribution in [3.63, 3.8) is 0 Å². The molecule has 148 valence electrons. The van der Waals surface area contributed by atoms with Gasteiger partial charge in [-0.1, -0.05) is 18.2 Å². The molecule has 0 aromatic heterocycles. The Balaban J connectivity index is 2.16. The van der Waals surface area contributed by atoms with E-state index in [0.717, 1.165) is 12.1 Å². The number of aryl methyl sites for hydroxylation is 1. The van der Waals surface area contributed by atoms with E-state index in [4.69, 9.17) is 0 Å². The fourth-order valence-corrected chi connectivity index (χ4v) is 2.97.